The minimum atomic E-state index is -0.0681. The number of hydrogen-bond donors (Lipinski definition) is 1. The van der Waals surface area contributed by atoms with E-state index in [0.29, 0.717) is 29.0 Å². The number of H-pyrrole nitrogens is 1. The predicted octanol–water partition coefficient (Wildman–Crippen LogP) is 5.77. The number of rotatable bonds is 5. The summed E-state index contributed by atoms with van der Waals surface area (Å²) in [7, 11) is 1.60. The number of aromatic nitrogens is 2. The van der Waals surface area contributed by atoms with Crippen LogP contribution >= 0.6 is 22.9 Å². The topological polar surface area (TPSA) is 64.2 Å². The second-order valence-corrected chi connectivity index (χ2v) is 9.11. The molecule has 4 aromatic rings. The normalized spacial score (nSPS) is 13.2. The van der Waals surface area contributed by atoms with Crippen LogP contribution in [-0.4, -0.2) is 17.1 Å². The van der Waals surface area contributed by atoms with Crippen LogP contribution in [0.5, 0.6) is 11.5 Å². The molecule has 2 aromatic heterocycles. The van der Waals surface area contributed by atoms with Gasteiger partial charge in [-0.05, 0) is 67.1 Å². The van der Waals surface area contributed by atoms with Crippen molar-refractivity contribution in [2.75, 3.05) is 7.11 Å². The molecule has 158 valence electrons. The van der Waals surface area contributed by atoms with Gasteiger partial charge in [0.2, 0.25) is 0 Å². The van der Waals surface area contributed by atoms with Crippen LogP contribution in [0.25, 0.3) is 21.6 Å². The first kappa shape index (κ1) is 20.1. The van der Waals surface area contributed by atoms with Crippen molar-refractivity contribution in [2.45, 2.75) is 32.3 Å². The van der Waals surface area contributed by atoms with Gasteiger partial charge >= 0.3 is 0 Å². The Morgan fingerprint density at radius 1 is 1.10 bits per heavy atom. The number of fused-ring (bicyclic) bond motifs is 3. The number of nitrogens with zero attached hydrogens (tertiary/aromatic N) is 1. The minimum absolute atomic E-state index is 0.0681. The number of nitrogens with one attached hydrogen (secondary N) is 1. The molecule has 0 unspecified atom stereocenters. The highest BCUT2D eigenvalue weighted by Gasteiger charge is 2.20. The van der Waals surface area contributed by atoms with E-state index in [1.807, 2.05) is 42.5 Å². The van der Waals surface area contributed by atoms with Crippen molar-refractivity contribution in [3.63, 3.8) is 0 Å². The third kappa shape index (κ3) is 3.93. The van der Waals surface area contributed by atoms with Gasteiger partial charge in [-0.2, -0.15) is 0 Å². The Morgan fingerprint density at radius 2 is 1.90 bits per heavy atom. The second-order valence-electron chi connectivity index (χ2n) is 7.59. The molecule has 5 nitrogen and oxygen atoms in total. The predicted molar refractivity (Wildman–Crippen MR) is 125 cm³/mol. The number of hydrogen-bond acceptors (Lipinski definition) is 5. The molecule has 0 aliphatic heterocycles. The molecule has 2 heterocycles. The van der Waals surface area contributed by atoms with Gasteiger partial charge in [0.05, 0.1) is 12.5 Å². The Hall–Kier alpha value is -2.83. The summed E-state index contributed by atoms with van der Waals surface area (Å²) in [5.41, 5.74) is 2.91. The highest BCUT2D eigenvalue weighted by molar-refractivity contribution is 7.18. The van der Waals surface area contributed by atoms with E-state index < -0.39 is 0 Å². The lowest BCUT2D eigenvalue weighted by atomic mass is 9.97. The first-order chi connectivity index (χ1) is 15.1. The molecule has 0 saturated carbocycles. The van der Waals surface area contributed by atoms with Crippen LogP contribution in [0.2, 0.25) is 5.02 Å². The van der Waals surface area contributed by atoms with E-state index in [2.05, 4.69) is 4.98 Å². The Morgan fingerprint density at radius 3 is 2.71 bits per heavy atom. The summed E-state index contributed by atoms with van der Waals surface area (Å²) in [6, 6.07) is 13.1. The van der Waals surface area contributed by atoms with Gasteiger partial charge in [-0.1, -0.05) is 23.7 Å². The number of methoxy groups -OCH3 is 1. The molecule has 5 rings (SSSR count). The van der Waals surface area contributed by atoms with Crippen molar-refractivity contribution >= 4 is 33.2 Å². The zero-order chi connectivity index (χ0) is 21.4. The van der Waals surface area contributed by atoms with Crippen LogP contribution in [-0.2, 0) is 19.4 Å². The molecule has 7 heteroatoms. The summed E-state index contributed by atoms with van der Waals surface area (Å²) >= 11 is 7.58. The standard InChI is InChI=1S/C24H21ClN2O3S/c1-29-19-12-15(8-11-18(19)30-13-14-6-9-16(25)10-7-14)22-26-23(28)21-17-4-2-3-5-20(17)31-24(21)27-22/h6-12H,2-5,13H2,1H3,(H,26,27,28). The quantitative estimate of drug-likeness (QED) is 0.417. The van der Waals surface area contributed by atoms with Gasteiger partial charge in [-0.15, -0.1) is 11.3 Å². The SMILES string of the molecule is COc1cc(-c2nc3sc4c(c3c(=O)[nH]2)CCCC4)ccc1OCc1ccc(Cl)cc1. The highest BCUT2D eigenvalue weighted by Crippen LogP contribution is 2.36. The van der Waals surface area contributed by atoms with Gasteiger partial charge < -0.3 is 14.5 Å². The number of aromatic amines is 1. The first-order valence-corrected chi connectivity index (χ1v) is 11.4. The molecule has 0 fully saturated rings. The summed E-state index contributed by atoms with van der Waals surface area (Å²) < 4.78 is 11.5. The van der Waals surface area contributed by atoms with E-state index in [1.54, 1.807) is 18.4 Å². The van der Waals surface area contributed by atoms with Crippen LogP contribution in [0, 0.1) is 0 Å². The summed E-state index contributed by atoms with van der Waals surface area (Å²) in [5, 5.41) is 1.45. The maximum atomic E-state index is 12.9. The van der Waals surface area contributed by atoms with Gasteiger partial charge in [0.25, 0.3) is 5.56 Å². The van der Waals surface area contributed by atoms with Gasteiger partial charge in [-0.3, -0.25) is 4.79 Å². The van der Waals surface area contributed by atoms with Crippen LogP contribution in [0.1, 0.15) is 28.8 Å². The van der Waals surface area contributed by atoms with E-state index in [9.17, 15) is 4.79 Å². The molecule has 31 heavy (non-hydrogen) atoms. The summed E-state index contributed by atoms with van der Waals surface area (Å²) in [6.45, 7) is 0.397. The Bertz CT molecular complexity index is 1310. The fourth-order valence-corrected chi connectivity index (χ4v) is 5.36. The molecule has 0 atom stereocenters. The van der Waals surface area contributed by atoms with Crippen molar-refractivity contribution in [2.24, 2.45) is 0 Å². The average Bonchev–Trinajstić information content (AvgIpc) is 3.17. The van der Waals surface area contributed by atoms with Crippen LogP contribution in [0.3, 0.4) is 0 Å². The van der Waals surface area contributed by atoms with E-state index >= 15 is 0 Å². The molecule has 0 bridgehead atoms. The van der Waals surface area contributed by atoms with Crippen molar-refractivity contribution in [3.8, 4) is 22.9 Å². The molecular weight excluding hydrogens is 432 g/mol. The van der Waals surface area contributed by atoms with E-state index in [4.69, 9.17) is 26.1 Å². The van der Waals surface area contributed by atoms with Crippen molar-refractivity contribution in [1.29, 1.82) is 0 Å². The lowest BCUT2D eigenvalue weighted by Gasteiger charge is -2.12. The van der Waals surface area contributed by atoms with E-state index in [-0.39, 0.29) is 5.56 Å². The number of thiophene rings is 1. The summed E-state index contributed by atoms with van der Waals surface area (Å²) in [6.07, 6.45) is 4.32. The molecule has 2 aromatic carbocycles. The molecule has 0 saturated heterocycles. The fraction of sp³-hybridized carbons (Fsp3) is 0.250. The van der Waals surface area contributed by atoms with Crippen LogP contribution in [0.15, 0.2) is 47.3 Å². The average molecular weight is 453 g/mol. The molecule has 1 aliphatic carbocycles. The maximum absolute atomic E-state index is 12.9. The lowest BCUT2D eigenvalue weighted by molar-refractivity contribution is 0.284. The van der Waals surface area contributed by atoms with Gasteiger partial charge in [0.15, 0.2) is 11.5 Å². The second kappa shape index (κ2) is 8.36. The lowest BCUT2D eigenvalue weighted by Crippen LogP contribution is -2.11. The molecule has 1 aliphatic rings. The molecule has 0 spiro atoms. The Balaban J connectivity index is 1.45. The van der Waals surface area contributed by atoms with Crippen molar-refractivity contribution in [1.82, 2.24) is 9.97 Å². The molecule has 0 amide bonds. The highest BCUT2D eigenvalue weighted by atomic mass is 35.5. The smallest absolute Gasteiger partial charge is 0.260 e. The van der Waals surface area contributed by atoms with E-state index in [1.165, 1.54) is 16.9 Å². The third-order valence-electron chi connectivity index (χ3n) is 5.57. The number of aryl methyl sites for hydroxylation is 2. The summed E-state index contributed by atoms with van der Waals surface area (Å²) in [5.74, 6) is 1.74. The summed E-state index contributed by atoms with van der Waals surface area (Å²) in [4.78, 5) is 22.7. The monoisotopic (exact) mass is 452 g/mol. The van der Waals surface area contributed by atoms with Crippen molar-refractivity contribution in [3.05, 3.63) is 73.8 Å². The van der Waals surface area contributed by atoms with Crippen molar-refractivity contribution < 1.29 is 9.47 Å². The largest absolute Gasteiger partial charge is 0.493 e. The van der Waals surface area contributed by atoms with Crippen LogP contribution in [0.4, 0.5) is 0 Å². The maximum Gasteiger partial charge on any atom is 0.260 e. The van der Waals surface area contributed by atoms with E-state index in [0.717, 1.165) is 40.6 Å². The third-order valence-corrected chi connectivity index (χ3v) is 7.01. The fourth-order valence-electron chi connectivity index (χ4n) is 3.98. The Kier molecular flexibility index (Phi) is 5.42. The Labute approximate surface area is 188 Å². The number of halogens is 1. The van der Waals surface area contributed by atoms with Gasteiger partial charge in [0.1, 0.15) is 17.3 Å². The first-order valence-electron chi connectivity index (χ1n) is 10.2. The minimum Gasteiger partial charge on any atom is -0.493 e. The zero-order valence-corrected chi connectivity index (χ0v) is 18.6. The number of ether oxygens (including phenoxy) is 2. The van der Waals surface area contributed by atoms with Crippen LogP contribution < -0.4 is 15.0 Å². The number of benzene rings is 2. The zero-order valence-electron chi connectivity index (χ0n) is 17.0. The molecule has 1 N–H and O–H groups in total. The van der Waals surface area contributed by atoms with Gasteiger partial charge in [-0.25, -0.2) is 4.98 Å². The van der Waals surface area contributed by atoms with Gasteiger partial charge in [0, 0.05) is 15.5 Å². The molecular formula is C24H21ClN2O3S. The molecule has 0 radical (unpaired) electrons.